The molecule has 0 radical (unpaired) electrons. The Kier molecular flexibility index (Phi) is 3.39. The van der Waals surface area contributed by atoms with Crippen LogP contribution in [0.3, 0.4) is 0 Å². The quantitative estimate of drug-likeness (QED) is 0.772. The Balaban J connectivity index is 2.03. The normalized spacial score (nSPS) is 31.5. The van der Waals surface area contributed by atoms with Gasteiger partial charge >= 0.3 is 0 Å². The molecule has 0 aromatic heterocycles. The summed E-state index contributed by atoms with van der Waals surface area (Å²) in [7, 11) is 0. The topological polar surface area (TPSA) is 52.0 Å². The van der Waals surface area contributed by atoms with E-state index in [1.165, 1.54) is 18.4 Å². The highest BCUT2D eigenvalue weighted by Crippen LogP contribution is 2.34. The van der Waals surface area contributed by atoms with Crippen LogP contribution < -0.4 is 11.5 Å². The van der Waals surface area contributed by atoms with Gasteiger partial charge < -0.3 is 11.5 Å². The Morgan fingerprint density at radius 1 is 1.13 bits per heavy atom. The van der Waals surface area contributed by atoms with Crippen LogP contribution in [-0.4, -0.2) is 12.6 Å². The fraction of sp³-hybridized carbons (Fsp3) is 0.538. The zero-order chi connectivity index (χ0) is 10.7. The van der Waals surface area contributed by atoms with Crippen molar-refractivity contribution in [2.45, 2.75) is 31.2 Å². The van der Waals surface area contributed by atoms with Crippen molar-refractivity contribution >= 4 is 0 Å². The highest BCUT2D eigenvalue weighted by Gasteiger charge is 2.27. The third-order valence-electron chi connectivity index (χ3n) is 3.62. The highest BCUT2D eigenvalue weighted by molar-refractivity contribution is 5.20. The van der Waals surface area contributed by atoms with Crippen LogP contribution in [0.25, 0.3) is 0 Å². The van der Waals surface area contributed by atoms with Crippen LogP contribution in [0.15, 0.2) is 30.3 Å². The van der Waals surface area contributed by atoms with E-state index in [4.69, 9.17) is 11.5 Å². The summed E-state index contributed by atoms with van der Waals surface area (Å²) in [5.74, 6) is 1.17. The summed E-state index contributed by atoms with van der Waals surface area (Å²) in [5, 5.41) is 0. The molecular formula is C13H20N2. The second-order valence-corrected chi connectivity index (χ2v) is 4.58. The van der Waals surface area contributed by atoms with Crippen molar-refractivity contribution in [3.05, 3.63) is 35.9 Å². The van der Waals surface area contributed by atoms with Crippen LogP contribution in [0, 0.1) is 5.92 Å². The van der Waals surface area contributed by atoms with Gasteiger partial charge in [-0.15, -0.1) is 0 Å². The van der Waals surface area contributed by atoms with E-state index in [2.05, 4.69) is 30.3 Å². The van der Waals surface area contributed by atoms with Crippen LogP contribution in [0.2, 0.25) is 0 Å². The lowest BCUT2D eigenvalue weighted by atomic mass is 9.76. The lowest BCUT2D eigenvalue weighted by molar-refractivity contribution is 0.287. The lowest BCUT2D eigenvalue weighted by Gasteiger charge is -2.33. The van der Waals surface area contributed by atoms with Crippen molar-refractivity contribution in [3.63, 3.8) is 0 Å². The van der Waals surface area contributed by atoms with Gasteiger partial charge in [0.1, 0.15) is 0 Å². The number of rotatable bonds is 2. The lowest BCUT2D eigenvalue weighted by Crippen LogP contribution is -2.39. The third-order valence-corrected chi connectivity index (χ3v) is 3.62. The maximum atomic E-state index is 6.14. The average Bonchev–Trinajstić information content (AvgIpc) is 2.30. The van der Waals surface area contributed by atoms with Crippen LogP contribution in [0.5, 0.6) is 0 Å². The zero-order valence-electron chi connectivity index (χ0n) is 9.10. The molecule has 2 rings (SSSR count). The molecule has 1 aliphatic rings. The van der Waals surface area contributed by atoms with E-state index in [0.29, 0.717) is 11.8 Å². The van der Waals surface area contributed by atoms with Gasteiger partial charge in [0.05, 0.1) is 0 Å². The summed E-state index contributed by atoms with van der Waals surface area (Å²) in [5.41, 5.74) is 13.3. The van der Waals surface area contributed by atoms with Gasteiger partial charge in [0.25, 0.3) is 0 Å². The van der Waals surface area contributed by atoms with Crippen molar-refractivity contribution in [3.8, 4) is 0 Å². The van der Waals surface area contributed by atoms with Crippen molar-refractivity contribution in [1.82, 2.24) is 0 Å². The van der Waals surface area contributed by atoms with Gasteiger partial charge in [-0.1, -0.05) is 30.3 Å². The van der Waals surface area contributed by atoms with E-state index in [9.17, 15) is 0 Å². The van der Waals surface area contributed by atoms with E-state index < -0.39 is 0 Å². The molecule has 2 heteroatoms. The fourth-order valence-electron chi connectivity index (χ4n) is 2.59. The van der Waals surface area contributed by atoms with E-state index in [1.807, 2.05) is 0 Å². The summed E-state index contributed by atoms with van der Waals surface area (Å²) >= 11 is 0. The molecule has 1 aromatic rings. The zero-order valence-corrected chi connectivity index (χ0v) is 9.10. The molecule has 3 atom stereocenters. The second-order valence-electron chi connectivity index (χ2n) is 4.58. The molecule has 1 aliphatic carbocycles. The first-order valence-electron chi connectivity index (χ1n) is 5.82. The van der Waals surface area contributed by atoms with Crippen LogP contribution in [0.4, 0.5) is 0 Å². The molecular weight excluding hydrogens is 184 g/mol. The monoisotopic (exact) mass is 204 g/mol. The molecule has 4 N–H and O–H groups in total. The SMILES string of the molecule is NCC1CCC(c2ccccc2)CC1N. The molecule has 1 saturated carbocycles. The summed E-state index contributed by atoms with van der Waals surface area (Å²) in [6.07, 6.45) is 3.50. The van der Waals surface area contributed by atoms with Gasteiger partial charge in [-0.3, -0.25) is 0 Å². The van der Waals surface area contributed by atoms with Gasteiger partial charge in [0.2, 0.25) is 0 Å². The van der Waals surface area contributed by atoms with Crippen molar-refractivity contribution < 1.29 is 0 Å². The molecule has 82 valence electrons. The standard InChI is InChI=1S/C13H20N2/c14-9-12-7-6-11(8-13(12)15)10-4-2-1-3-5-10/h1-5,11-13H,6-9,14-15H2. The average molecular weight is 204 g/mol. The molecule has 15 heavy (non-hydrogen) atoms. The molecule has 0 spiro atoms. The van der Waals surface area contributed by atoms with Gasteiger partial charge in [-0.25, -0.2) is 0 Å². The third kappa shape index (κ3) is 2.39. The maximum Gasteiger partial charge on any atom is 0.00850 e. The van der Waals surface area contributed by atoms with Gasteiger partial charge in [-0.05, 0) is 43.2 Å². The molecule has 0 heterocycles. The van der Waals surface area contributed by atoms with E-state index >= 15 is 0 Å². The first-order valence-corrected chi connectivity index (χ1v) is 5.82. The van der Waals surface area contributed by atoms with Crippen LogP contribution in [0.1, 0.15) is 30.7 Å². The first kappa shape index (κ1) is 10.7. The molecule has 1 fully saturated rings. The molecule has 0 bridgehead atoms. The number of hydrogen-bond donors (Lipinski definition) is 2. The second kappa shape index (κ2) is 4.77. The van der Waals surface area contributed by atoms with Crippen LogP contribution >= 0.6 is 0 Å². The van der Waals surface area contributed by atoms with Crippen molar-refractivity contribution in [1.29, 1.82) is 0 Å². The van der Waals surface area contributed by atoms with E-state index in [-0.39, 0.29) is 6.04 Å². The molecule has 3 unspecified atom stereocenters. The Bertz CT molecular complexity index is 297. The minimum absolute atomic E-state index is 0.286. The molecule has 0 aliphatic heterocycles. The molecule has 1 aromatic carbocycles. The van der Waals surface area contributed by atoms with Gasteiger partial charge in [0, 0.05) is 6.04 Å². The predicted octanol–water partition coefficient (Wildman–Crippen LogP) is 1.86. The minimum atomic E-state index is 0.286. The number of nitrogens with two attached hydrogens (primary N) is 2. The first-order chi connectivity index (χ1) is 7.31. The summed E-state index contributed by atoms with van der Waals surface area (Å²) in [6, 6.07) is 11.0. The summed E-state index contributed by atoms with van der Waals surface area (Å²) in [6.45, 7) is 0.739. The maximum absolute atomic E-state index is 6.14. The van der Waals surface area contributed by atoms with Crippen molar-refractivity contribution in [2.24, 2.45) is 17.4 Å². The van der Waals surface area contributed by atoms with E-state index in [0.717, 1.165) is 13.0 Å². The van der Waals surface area contributed by atoms with Crippen molar-refractivity contribution in [2.75, 3.05) is 6.54 Å². The number of hydrogen-bond acceptors (Lipinski definition) is 2. The van der Waals surface area contributed by atoms with E-state index in [1.54, 1.807) is 0 Å². The highest BCUT2D eigenvalue weighted by atomic mass is 14.7. The van der Waals surface area contributed by atoms with Gasteiger partial charge in [0.15, 0.2) is 0 Å². The van der Waals surface area contributed by atoms with Gasteiger partial charge in [-0.2, -0.15) is 0 Å². The Labute approximate surface area is 91.7 Å². The Morgan fingerprint density at radius 3 is 2.47 bits per heavy atom. The fourth-order valence-corrected chi connectivity index (χ4v) is 2.59. The molecule has 0 amide bonds. The smallest absolute Gasteiger partial charge is 0.00850 e. The summed E-state index contributed by atoms with van der Waals surface area (Å²) in [4.78, 5) is 0. The molecule has 0 saturated heterocycles. The minimum Gasteiger partial charge on any atom is -0.330 e. The van der Waals surface area contributed by atoms with Crippen LogP contribution in [-0.2, 0) is 0 Å². The molecule has 2 nitrogen and oxygen atoms in total. The Hall–Kier alpha value is -0.860. The largest absolute Gasteiger partial charge is 0.330 e. The Morgan fingerprint density at radius 2 is 1.87 bits per heavy atom. The summed E-state index contributed by atoms with van der Waals surface area (Å²) < 4.78 is 0. The predicted molar refractivity (Wildman–Crippen MR) is 63.6 cm³/mol. The number of benzene rings is 1.